The molecule has 0 radical (unpaired) electrons. The third kappa shape index (κ3) is 0.942. The van der Waals surface area contributed by atoms with Crippen LogP contribution in [0.3, 0.4) is 0 Å². The number of ether oxygens (including phenoxy) is 1. The van der Waals surface area contributed by atoms with E-state index in [4.69, 9.17) is 11.2 Å². The predicted octanol–water partition coefficient (Wildman–Crippen LogP) is 0.656. The molecular weight excluding hydrogens is 88.1 g/mol. The maximum absolute atomic E-state index is 5.10. The van der Waals surface area contributed by atoms with Crippen molar-refractivity contribution in [1.29, 1.82) is 0 Å². The molecule has 0 aromatic rings. The molecule has 7 heavy (non-hydrogen) atoms. The van der Waals surface area contributed by atoms with E-state index in [0.717, 1.165) is 19.6 Å². The lowest BCUT2D eigenvalue weighted by Crippen LogP contribution is -1.91. The van der Waals surface area contributed by atoms with Gasteiger partial charge in [0.1, 0.15) is 0 Å². The third-order valence-corrected chi connectivity index (χ3v) is 1.17. The molecule has 1 heteroatoms. The van der Waals surface area contributed by atoms with Crippen LogP contribution in [-0.2, 0) is 4.74 Å². The molecule has 0 bridgehead atoms. The zero-order valence-corrected chi connectivity index (χ0v) is 4.18. The molecule has 0 saturated carbocycles. The monoisotopic (exact) mass is 96.1 g/mol. The second-order valence-electron chi connectivity index (χ2n) is 1.73. The van der Waals surface area contributed by atoms with Crippen LogP contribution >= 0.6 is 0 Å². The Labute approximate surface area is 43.7 Å². The van der Waals surface area contributed by atoms with Gasteiger partial charge >= 0.3 is 0 Å². The summed E-state index contributed by atoms with van der Waals surface area (Å²) in [7, 11) is 0. The molecule has 1 unspecified atom stereocenters. The Kier molecular flexibility index (Phi) is 1.33. The largest absolute Gasteiger partial charge is 0.380 e. The molecule has 38 valence electrons. The summed E-state index contributed by atoms with van der Waals surface area (Å²) in [5, 5.41) is 0. The van der Waals surface area contributed by atoms with Gasteiger partial charge in [-0.2, -0.15) is 0 Å². The normalized spacial score (nSPS) is 29.9. The molecule has 1 aliphatic rings. The summed E-state index contributed by atoms with van der Waals surface area (Å²) in [5.74, 6) is 3.04. The van der Waals surface area contributed by atoms with Crippen LogP contribution in [0.5, 0.6) is 0 Å². The van der Waals surface area contributed by atoms with E-state index >= 15 is 0 Å². The van der Waals surface area contributed by atoms with Gasteiger partial charge in [-0.25, -0.2) is 0 Å². The molecule has 1 rings (SSSR count). The van der Waals surface area contributed by atoms with Crippen molar-refractivity contribution >= 4 is 0 Å². The van der Waals surface area contributed by atoms with Crippen LogP contribution in [0, 0.1) is 18.3 Å². The molecule has 0 aromatic carbocycles. The third-order valence-electron chi connectivity index (χ3n) is 1.17. The van der Waals surface area contributed by atoms with Crippen molar-refractivity contribution in [3.63, 3.8) is 0 Å². The van der Waals surface area contributed by atoms with Crippen LogP contribution in [0.4, 0.5) is 0 Å². The summed E-state index contributed by atoms with van der Waals surface area (Å²) in [5.41, 5.74) is 0. The van der Waals surface area contributed by atoms with Gasteiger partial charge in [0.15, 0.2) is 0 Å². The standard InChI is InChI=1S/C6H8O/c1-2-6-3-4-7-5-6/h1,6H,3-5H2. The molecule has 0 aromatic heterocycles. The van der Waals surface area contributed by atoms with Gasteiger partial charge in [-0.3, -0.25) is 0 Å². The van der Waals surface area contributed by atoms with Crippen LogP contribution in [0.25, 0.3) is 0 Å². The fourth-order valence-corrected chi connectivity index (χ4v) is 0.666. The Bertz CT molecular complexity index is 84.8. The summed E-state index contributed by atoms with van der Waals surface area (Å²) in [6.45, 7) is 1.63. The van der Waals surface area contributed by atoms with Gasteiger partial charge in [-0.15, -0.1) is 12.3 Å². The highest BCUT2D eigenvalue weighted by Gasteiger charge is 2.10. The van der Waals surface area contributed by atoms with E-state index < -0.39 is 0 Å². The molecule has 1 heterocycles. The second kappa shape index (κ2) is 1.99. The molecule has 0 aliphatic carbocycles. The smallest absolute Gasteiger partial charge is 0.0604 e. The van der Waals surface area contributed by atoms with Gasteiger partial charge in [0, 0.05) is 12.5 Å². The first kappa shape index (κ1) is 4.67. The highest BCUT2D eigenvalue weighted by Crippen LogP contribution is 2.09. The van der Waals surface area contributed by atoms with E-state index in [9.17, 15) is 0 Å². The lowest BCUT2D eigenvalue weighted by molar-refractivity contribution is 0.192. The molecule has 1 nitrogen and oxygen atoms in total. The molecule has 1 atom stereocenters. The first-order valence-electron chi connectivity index (χ1n) is 2.47. The van der Waals surface area contributed by atoms with E-state index in [-0.39, 0.29) is 0 Å². The number of hydrogen-bond acceptors (Lipinski definition) is 1. The van der Waals surface area contributed by atoms with Crippen molar-refractivity contribution in [2.24, 2.45) is 5.92 Å². The lowest BCUT2D eigenvalue weighted by atomic mass is 10.1. The van der Waals surface area contributed by atoms with Crippen molar-refractivity contribution in [1.82, 2.24) is 0 Å². The van der Waals surface area contributed by atoms with Gasteiger partial charge in [-0.1, -0.05) is 0 Å². The minimum atomic E-state index is 0.403. The Morgan fingerprint density at radius 1 is 1.71 bits per heavy atom. The number of hydrogen-bond donors (Lipinski definition) is 0. The minimum Gasteiger partial charge on any atom is -0.380 e. The van der Waals surface area contributed by atoms with Gasteiger partial charge in [0.05, 0.1) is 6.61 Å². The summed E-state index contributed by atoms with van der Waals surface area (Å²) in [6, 6.07) is 0. The van der Waals surface area contributed by atoms with Gasteiger partial charge in [0.25, 0.3) is 0 Å². The van der Waals surface area contributed by atoms with Crippen molar-refractivity contribution in [3.8, 4) is 12.3 Å². The van der Waals surface area contributed by atoms with Crippen molar-refractivity contribution < 1.29 is 4.74 Å². The topological polar surface area (TPSA) is 9.23 Å². The van der Waals surface area contributed by atoms with Crippen LogP contribution < -0.4 is 0 Å². The first-order chi connectivity index (χ1) is 3.43. The van der Waals surface area contributed by atoms with E-state index in [1.807, 2.05) is 0 Å². The molecule has 1 aliphatic heterocycles. The highest BCUT2D eigenvalue weighted by molar-refractivity contribution is 4.94. The summed E-state index contributed by atoms with van der Waals surface area (Å²) in [4.78, 5) is 0. The highest BCUT2D eigenvalue weighted by atomic mass is 16.5. The lowest BCUT2D eigenvalue weighted by Gasteiger charge is -1.89. The summed E-state index contributed by atoms with van der Waals surface area (Å²) >= 11 is 0. The van der Waals surface area contributed by atoms with Gasteiger partial charge in [0.2, 0.25) is 0 Å². The van der Waals surface area contributed by atoms with Crippen molar-refractivity contribution in [3.05, 3.63) is 0 Å². The van der Waals surface area contributed by atoms with E-state index in [1.54, 1.807) is 0 Å². The molecular formula is C6H8O. The van der Waals surface area contributed by atoms with E-state index in [2.05, 4.69) is 5.92 Å². The Balaban J connectivity index is 2.31. The van der Waals surface area contributed by atoms with Gasteiger partial charge < -0.3 is 4.74 Å². The Hall–Kier alpha value is -0.480. The number of terminal acetylenes is 1. The van der Waals surface area contributed by atoms with Crippen molar-refractivity contribution in [2.75, 3.05) is 13.2 Å². The predicted molar refractivity (Wildman–Crippen MR) is 27.8 cm³/mol. The molecule has 0 amide bonds. The average molecular weight is 96.1 g/mol. The maximum Gasteiger partial charge on any atom is 0.0604 e. The molecule has 0 N–H and O–H groups in total. The SMILES string of the molecule is C#CC1CCOC1. The molecule has 1 fully saturated rings. The first-order valence-corrected chi connectivity index (χ1v) is 2.47. The van der Waals surface area contributed by atoms with Crippen molar-refractivity contribution in [2.45, 2.75) is 6.42 Å². The van der Waals surface area contributed by atoms with Crippen LogP contribution in [0.1, 0.15) is 6.42 Å². The van der Waals surface area contributed by atoms with Crippen LogP contribution in [-0.4, -0.2) is 13.2 Å². The Morgan fingerprint density at radius 3 is 2.86 bits per heavy atom. The zero-order chi connectivity index (χ0) is 5.11. The molecule has 1 saturated heterocycles. The Morgan fingerprint density at radius 2 is 2.57 bits per heavy atom. The quantitative estimate of drug-likeness (QED) is 0.402. The summed E-state index contributed by atoms with van der Waals surface area (Å²) < 4.78 is 5.01. The van der Waals surface area contributed by atoms with E-state index in [0.29, 0.717) is 5.92 Å². The van der Waals surface area contributed by atoms with Crippen LogP contribution in [0.2, 0.25) is 0 Å². The zero-order valence-electron chi connectivity index (χ0n) is 4.18. The fraction of sp³-hybridized carbons (Fsp3) is 0.667. The van der Waals surface area contributed by atoms with Crippen LogP contribution in [0.15, 0.2) is 0 Å². The second-order valence-corrected chi connectivity index (χ2v) is 1.73. The number of rotatable bonds is 0. The summed E-state index contributed by atoms with van der Waals surface area (Å²) in [6.07, 6.45) is 6.16. The average Bonchev–Trinajstić information content (AvgIpc) is 2.14. The maximum atomic E-state index is 5.10. The molecule has 0 spiro atoms. The van der Waals surface area contributed by atoms with E-state index in [1.165, 1.54) is 0 Å². The minimum absolute atomic E-state index is 0.403. The fourth-order valence-electron chi connectivity index (χ4n) is 0.666. The van der Waals surface area contributed by atoms with Gasteiger partial charge in [-0.05, 0) is 6.42 Å².